The Morgan fingerprint density at radius 2 is 1.80 bits per heavy atom. The van der Waals surface area contributed by atoms with Crippen molar-refractivity contribution < 1.29 is 19.1 Å². The van der Waals surface area contributed by atoms with E-state index in [1.807, 2.05) is 25.1 Å². The summed E-state index contributed by atoms with van der Waals surface area (Å²) in [6.07, 6.45) is 1.02. The highest BCUT2D eigenvalue weighted by molar-refractivity contribution is 5.99. The molecule has 0 bridgehead atoms. The quantitative estimate of drug-likeness (QED) is 0.588. The van der Waals surface area contributed by atoms with Gasteiger partial charge in [-0.2, -0.15) is 5.26 Å². The second-order valence-electron chi connectivity index (χ2n) is 6.73. The molecule has 1 amide bonds. The Balaban J connectivity index is 0.000000469. The van der Waals surface area contributed by atoms with Gasteiger partial charge in [0.2, 0.25) is 5.91 Å². The number of carbonyl (C=O) groups excluding carboxylic acids is 1. The normalized spacial score (nSPS) is 11.0. The van der Waals surface area contributed by atoms with E-state index in [0.29, 0.717) is 23.1 Å². The Hall–Kier alpha value is -3.72. The fourth-order valence-corrected chi connectivity index (χ4v) is 2.94. The minimum atomic E-state index is -0.711. The van der Waals surface area contributed by atoms with Crippen LogP contribution in [0.5, 0.6) is 0 Å². The van der Waals surface area contributed by atoms with Crippen LogP contribution in [0.3, 0.4) is 0 Å². The van der Waals surface area contributed by atoms with E-state index in [1.165, 1.54) is 6.07 Å². The Morgan fingerprint density at radius 1 is 1.10 bits per heavy atom. The number of carboxylic acid groups (broad SMARTS) is 1. The third kappa shape index (κ3) is 5.89. The van der Waals surface area contributed by atoms with E-state index < -0.39 is 11.9 Å². The van der Waals surface area contributed by atoms with Gasteiger partial charge in [-0.15, -0.1) is 0 Å². The summed E-state index contributed by atoms with van der Waals surface area (Å²) in [5, 5.41) is 20.9. The minimum absolute atomic E-state index is 0.207. The van der Waals surface area contributed by atoms with E-state index in [0.717, 1.165) is 17.4 Å². The van der Waals surface area contributed by atoms with Crippen molar-refractivity contribution in [1.29, 1.82) is 5.26 Å². The van der Waals surface area contributed by atoms with Gasteiger partial charge in [-0.05, 0) is 48.6 Å². The van der Waals surface area contributed by atoms with E-state index in [4.69, 9.17) is 10.4 Å². The van der Waals surface area contributed by atoms with Crippen LogP contribution in [-0.4, -0.2) is 17.0 Å². The number of hydrogen-bond donors (Lipinski definition) is 2. The number of carboxylic acids is 1. The third-order valence-electron chi connectivity index (χ3n) is 4.49. The molecule has 2 N–H and O–H groups in total. The second kappa shape index (κ2) is 10.7. The zero-order valence-electron chi connectivity index (χ0n) is 16.9. The number of nitrogens with one attached hydrogen (secondary N) is 1. The van der Waals surface area contributed by atoms with Crippen LogP contribution in [0.4, 0.5) is 10.1 Å². The van der Waals surface area contributed by atoms with Crippen LogP contribution in [0.15, 0.2) is 60.7 Å². The Labute approximate surface area is 174 Å². The molecule has 0 fully saturated rings. The molecule has 3 aromatic rings. The first-order valence-corrected chi connectivity index (χ1v) is 9.57. The van der Waals surface area contributed by atoms with Crippen molar-refractivity contribution in [3.05, 3.63) is 77.6 Å². The maximum atomic E-state index is 13.9. The zero-order chi connectivity index (χ0) is 22.1. The van der Waals surface area contributed by atoms with Gasteiger partial charge in [0.15, 0.2) is 0 Å². The van der Waals surface area contributed by atoms with Gasteiger partial charge in [-0.3, -0.25) is 9.59 Å². The molecule has 0 aliphatic heterocycles. The lowest BCUT2D eigenvalue weighted by Gasteiger charge is -2.15. The third-order valence-corrected chi connectivity index (χ3v) is 4.49. The van der Waals surface area contributed by atoms with Gasteiger partial charge in [-0.1, -0.05) is 43.3 Å². The number of benzene rings is 3. The fraction of sp³-hybridized carbons (Fsp3) is 0.208. The Kier molecular flexibility index (Phi) is 8.07. The lowest BCUT2D eigenvalue weighted by molar-refractivity contribution is -0.137. The van der Waals surface area contributed by atoms with Crippen molar-refractivity contribution in [2.75, 3.05) is 5.32 Å². The number of fused-ring (bicyclic) bond motifs is 1. The van der Waals surface area contributed by atoms with Gasteiger partial charge in [0.05, 0.1) is 17.6 Å². The fourth-order valence-electron chi connectivity index (χ4n) is 2.94. The molecule has 3 rings (SSSR count). The molecule has 0 heterocycles. The minimum Gasteiger partial charge on any atom is -0.481 e. The number of rotatable bonds is 5. The molecule has 1 atom stereocenters. The van der Waals surface area contributed by atoms with Crippen LogP contribution in [0.2, 0.25) is 0 Å². The second-order valence-corrected chi connectivity index (χ2v) is 6.73. The van der Waals surface area contributed by atoms with Crippen molar-refractivity contribution >= 4 is 28.3 Å². The SMILES string of the molecule is CC(C(=O)Nc1cccc(C#N)c1)c1ccc(F)c2ccccc12.CCCC(=O)O. The molecule has 0 aliphatic carbocycles. The number of nitrogens with zero attached hydrogens (tertiary/aromatic N) is 1. The first-order chi connectivity index (χ1) is 14.4. The van der Waals surface area contributed by atoms with Crippen LogP contribution < -0.4 is 5.32 Å². The summed E-state index contributed by atoms with van der Waals surface area (Å²) in [5.74, 6) is -1.68. The van der Waals surface area contributed by atoms with Gasteiger partial charge in [0.25, 0.3) is 0 Å². The van der Waals surface area contributed by atoms with Crippen molar-refractivity contribution in [1.82, 2.24) is 0 Å². The van der Waals surface area contributed by atoms with Crippen LogP contribution in [0.25, 0.3) is 10.8 Å². The van der Waals surface area contributed by atoms with Crippen molar-refractivity contribution in [2.45, 2.75) is 32.6 Å². The number of anilines is 1. The molecular formula is C24H23FN2O3. The predicted molar refractivity (Wildman–Crippen MR) is 115 cm³/mol. The number of aliphatic carboxylic acids is 1. The molecule has 0 radical (unpaired) electrons. The molecule has 3 aromatic carbocycles. The van der Waals surface area contributed by atoms with Gasteiger partial charge in [-0.25, -0.2) is 4.39 Å². The van der Waals surface area contributed by atoms with Crippen LogP contribution in [0.1, 0.15) is 43.7 Å². The predicted octanol–water partition coefficient (Wildman–Crippen LogP) is 5.46. The molecule has 0 saturated carbocycles. The maximum absolute atomic E-state index is 13.9. The number of amides is 1. The molecular weight excluding hydrogens is 383 g/mol. The number of nitriles is 1. The van der Waals surface area contributed by atoms with E-state index >= 15 is 0 Å². The molecule has 0 saturated heterocycles. The van der Waals surface area contributed by atoms with Crippen LogP contribution in [-0.2, 0) is 9.59 Å². The van der Waals surface area contributed by atoms with Crippen LogP contribution >= 0.6 is 0 Å². The molecule has 30 heavy (non-hydrogen) atoms. The van der Waals surface area contributed by atoms with Gasteiger partial charge in [0, 0.05) is 17.5 Å². The molecule has 1 unspecified atom stereocenters. The first kappa shape index (κ1) is 22.6. The lowest BCUT2D eigenvalue weighted by Crippen LogP contribution is -2.19. The van der Waals surface area contributed by atoms with Crippen molar-refractivity contribution in [3.8, 4) is 6.07 Å². The van der Waals surface area contributed by atoms with E-state index in [9.17, 15) is 14.0 Å². The Bertz CT molecular complexity index is 1090. The summed E-state index contributed by atoms with van der Waals surface area (Å²) in [4.78, 5) is 22.2. The number of halogens is 1. The monoisotopic (exact) mass is 406 g/mol. The topological polar surface area (TPSA) is 90.2 Å². The highest BCUT2D eigenvalue weighted by Gasteiger charge is 2.19. The summed E-state index contributed by atoms with van der Waals surface area (Å²) >= 11 is 0. The van der Waals surface area contributed by atoms with Crippen LogP contribution in [0, 0.1) is 17.1 Å². The number of hydrogen-bond acceptors (Lipinski definition) is 3. The largest absolute Gasteiger partial charge is 0.481 e. The van der Waals surface area contributed by atoms with E-state index in [-0.39, 0.29) is 11.7 Å². The molecule has 6 heteroatoms. The highest BCUT2D eigenvalue weighted by atomic mass is 19.1. The Morgan fingerprint density at radius 3 is 2.40 bits per heavy atom. The summed E-state index contributed by atoms with van der Waals surface area (Å²) < 4.78 is 13.9. The summed E-state index contributed by atoms with van der Waals surface area (Å²) in [7, 11) is 0. The lowest BCUT2D eigenvalue weighted by atomic mass is 9.94. The highest BCUT2D eigenvalue weighted by Crippen LogP contribution is 2.28. The summed E-state index contributed by atoms with van der Waals surface area (Å²) in [6.45, 7) is 3.62. The molecule has 0 aromatic heterocycles. The molecule has 0 aliphatic rings. The van der Waals surface area contributed by atoms with Gasteiger partial charge < -0.3 is 10.4 Å². The van der Waals surface area contributed by atoms with Gasteiger partial charge in [0.1, 0.15) is 5.82 Å². The molecule has 5 nitrogen and oxygen atoms in total. The molecule has 0 spiro atoms. The average molecular weight is 406 g/mol. The summed E-state index contributed by atoms with van der Waals surface area (Å²) in [5.41, 5.74) is 1.81. The first-order valence-electron chi connectivity index (χ1n) is 9.57. The van der Waals surface area contributed by atoms with Crippen molar-refractivity contribution in [3.63, 3.8) is 0 Å². The smallest absolute Gasteiger partial charge is 0.303 e. The maximum Gasteiger partial charge on any atom is 0.303 e. The average Bonchev–Trinajstić information content (AvgIpc) is 2.74. The van der Waals surface area contributed by atoms with Gasteiger partial charge >= 0.3 is 5.97 Å². The molecule has 154 valence electrons. The van der Waals surface area contributed by atoms with E-state index in [1.54, 1.807) is 49.4 Å². The van der Waals surface area contributed by atoms with E-state index in [2.05, 4.69) is 5.32 Å². The standard InChI is InChI=1S/C20H15FN2O.C4H8O2/c1-13(20(24)23-15-6-4-5-14(11-15)12-22)16-9-10-19(21)18-8-3-2-7-17(16)18;1-2-3-4(5)6/h2-11,13H,1H3,(H,23,24);2-3H2,1H3,(H,5,6). The van der Waals surface area contributed by atoms with Crippen molar-refractivity contribution in [2.24, 2.45) is 0 Å². The zero-order valence-corrected chi connectivity index (χ0v) is 16.9. The number of carbonyl (C=O) groups is 2. The summed E-state index contributed by atoms with van der Waals surface area (Å²) in [6, 6.07) is 18.9.